The molecule has 23 heavy (non-hydrogen) atoms. The molecule has 0 spiro atoms. The molecule has 0 fully saturated rings. The van der Waals surface area contributed by atoms with Crippen LogP contribution in [0.4, 0.5) is 0 Å². The predicted molar refractivity (Wildman–Crippen MR) is 101 cm³/mol. The van der Waals surface area contributed by atoms with Crippen LogP contribution in [0.1, 0.15) is 112 Å². The third-order valence-corrected chi connectivity index (χ3v) is 4.46. The Morgan fingerprint density at radius 3 is 2.04 bits per heavy atom. The highest BCUT2D eigenvalue weighted by Gasteiger charge is 2.19. The molecule has 0 aliphatic heterocycles. The summed E-state index contributed by atoms with van der Waals surface area (Å²) in [7, 11) is 0. The maximum Gasteiger partial charge on any atom is 0.308 e. The molecule has 0 N–H and O–H groups in total. The maximum atomic E-state index is 12.3. The fourth-order valence-corrected chi connectivity index (χ4v) is 2.87. The van der Waals surface area contributed by atoms with E-state index in [1.54, 1.807) is 0 Å². The van der Waals surface area contributed by atoms with Crippen LogP contribution in [0.5, 0.6) is 0 Å². The minimum Gasteiger partial charge on any atom is -0.465 e. The van der Waals surface area contributed by atoms with E-state index in [2.05, 4.69) is 34.6 Å². The molecule has 0 aliphatic carbocycles. The summed E-state index contributed by atoms with van der Waals surface area (Å²) in [6, 6.07) is 0. The molecule has 0 radical (unpaired) electrons. The van der Waals surface area contributed by atoms with Crippen LogP contribution < -0.4 is 0 Å². The zero-order valence-electron chi connectivity index (χ0n) is 16.6. The van der Waals surface area contributed by atoms with Gasteiger partial charge in [-0.15, -0.1) is 0 Å². The van der Waals surface area contributed by atoms with Crippen molar-refractivity contribution in [2.45, 2.75) is 112 Å². The number of hydrogen-bond acceptors (Lipinski definition) is 2. The van der Waals surface area contributed by atoms with Crippen molar-refractivity contribution < 1.29 is 9.53 Å². The van der Waals surface area contributed by atoms with E-state index in [0.29, 0.717) is 12.0 Å². The molecular weight excluding hydrogens is 284 g/mol. The average molecular weight is 327 g/mol. The van der Waals surface area contributed by atoms with Gasteiger partial charge in [0.05, 0.1) is 12.5 Å². The van der Waals surface area contributed by atoms with E-state index in [9.17, 15) is 4.79 Å². The monoisotopic (exact) mass is 326 g/mol. The Balaban J connectivity index is 3.88. The smallest absolute Gasteiger partial charge is 0.308 e. The number of carbonyl (C=O) groups excluding carboxylic acids is 1. The average Bonchev–Trinajstić information content (AvgIpc) is 2.48. The molecule has 0 saturated carbocycles. The van der Waals surface area contributed by atoms with E-state index in [1.807, 2.05) is 0 Å². The summed E-state index contributed by atoms with van der Waals surface area (Å²) < 4.78 is 5.55. The van der Waals surface area contributed by atoms with E-state index in [1.165, 1.54) is 44.9 Å². The molecule has 0 amide bonds. The van der Waals surface area contributed by atoms with E-state index in [4.69, 9.17) is 4.74 Å². The first-order valence-corrected chi connectivity index (χ1v) is 10.1. The van der Waals surface area contributed by atoms with Gasteiger partial charge in [-0.3, -0.25) is 4.79 Å². The largest absolute Gasteiger partial charge is 0.465 e. The van der Waals surface area contributed by atoms with Crippen molar-refractivity contribution in [1.82, 2.24) is 0 Å². The van der Waals surface area contributed by atoms with Crippen molar-refractivity contribution in [1.29, 1.82) is 0 Å². The van der Waals surface area contributed by atoms with Gasteiger partial charge in [-0.1, -0.05) is 86.0 Å². The summed E-state index contributed by atoms with van der Waals surface area (Å²) in [5.74, 6) is 0.201. The lowest BCUT2D eigenvalue weighted by Crippen LogP contribution is -2.18. The molecule has 1 unspecified atom stereocenters. The lowest BCUT2D eigenvalue weighted by molar-refractivity contribution is -0.149. The van der Waals surface area contributed by atoms with Crippen LogP contribution in [0, 0.1) is 11.3 Å². The number of unbranched alkanes of at least 4 members (excludes halogenated alkanes) is 6. The van der Waals surface area contributed by atoms with Crippen LogP contribution in [0.15, 0.2) is 0 Å². The Morgan fingerprint density at radius 1 is 0.826 bits per heavy atom. The zero-order valence-corrected chi connectivity index (χ0v) is 16.6. The molecule has 0 aliphatic rings. The number of ether oxygens (including phenoxy) is 1. The minimum absolute atomic E-state index is 0.0609. The topological polar surface area (TPSA) is 26.3 Å². The van der Waals surface area contributed by atoms with E-state index in [0.717, 1.165) is 32.1 Å². The molecule has 0 bridgehead atoms. The second-order valence-corrected chi connectivity index (χ2v) is 8.23. The number of rotatable bonds is 14. The van der Waals surface area contributed by atoms with Gasteiger partial charge in [0, 0.05) is 0 Å². The SMILES string of the molecule is CCCCCCC(CCCC)C(=O)OCCCCCC(C)(C)C. The Kier molecular flexibility index (Phi) is 13.5. The summed E-state index contributed by atoms with van der Waals surface area (Å²) in [6.07, 6.45) is 13.9. The molecule has 0 aromatic rings. The summed E-state index contributed by atoms with van der Waals surface area (Å²) in [5, 5.41) is 0. The van der Waals surface area contributed by atoms with E-state index in [-0.39, 0.29) is 11.9 Å². The van der Waals surface area contributed by atoms with Gasteiger partial charge >= 0.3 is 5.97 Å². The maximum absolute atomic E-state index is 12.3. The van der Waals surface area contributed by atoms with Crippen LogP contribution in [-0.2, 0) is 9.53 Å². The Morgan fingerprint density at radius 2 is 1.43 bits per heavy atom. The van der Waals surface area contributed by atoms with Crippen molar-refractivity contribution in [3.05, 3.63) is 0 Å². The van der Waals surface area contributed by atoms with Gasteiger partial charge in [0.1, 0.15) is 0 Å². The molecule has 0 aromatic heterocycles. The Hall–Kier alpha value is -0.530. The molecule has 0 aromatic carbocycles. The van der Waals surface area contributed by atoms with Crippen LogP contribution in [0.2, 0.25) is 0 Å². The highest BCUT2D eigenvalue weighted by molar-refractivity contribution is 5.72. The molecule has 1 atom stereocenters. The normalized spacial score (nSPS) is 13.1. The molecule has 0 heterocycles. The fourth-order valence-electron chi connectivity index (χ4n) is 2.87. The second kappa shape index (κ2) is 13.9. The Labute approximate surface area is 145 Å². The Bertz CT molecular complexity index is 278. The van der Waals surface area contributed by atoms with Gasteiger partial charge < -0.3 is 4.74 Å². The lowest BCUT2D eigenvalue weighted by atomic mass is 9.89. The van der Waals surface area contributed by atoms with Gasteiger partial charge in [-0.2, -0.15) is 0 Å². The van der Waals surface area contributed by atoms with E-state index < -0.39 is 0 Å². The van der Waals surface area contributed by atoms with Crippen molar-refractivity contribution in [2.75, 3.05) is 6.61 Å². The van der Waals surface area contributed by atoms with Crippen LogP contribution in [0.25, 0.3) is 0 Å². The van der Waals surface area contributed by atoms with Gasteiger partial charge in [-0.25, -0.2) is 0 Å². The lowest BCUT2D eigenvalue weighted by Gasteiger charge is -2.18. The highest BCUT2D eigenvalue weighted by Crippen LogP contribution is 2.22. The number of hydrogen-bond donors (Lipinski definition) is 0. The third-order valence-electron chi connectivity index (χ3n) is 4.46. The fraction of sp³-hybridized carbons (Fsp3) is 0.952. The zero-order chi connectivity index (χ0) is 17.6. The first kappa shape index (κ1) is 22.5. The number of carbonyl (C=O) groups is 1. The van der Waals surface area contributed by atoms with Crippen LogP contribution >= 0.6 is 0 Å². The van der Waals surface area contributed by atoms with Crippen molar-refractivity contribution in [3.63, 3.8) is 0 Å². The van der Waals surface area contributed by atoms with Gasteiger partial charge in [-0.05, 0) is 31.1 Å². The summed E-state index contributed by atoms with van der Waals surface area (Å²) >= 11 is 0. The van der Waals surface area contributed by atoms with Crippen LogP contribution in [-0.4, -0.2) is 12.6 Å². The first-order valence-electron chi connectivity index (χ1n) is 10.1. The van der Waals surface area contributed by atoms with E-state index >= 15 is 0 Å². The van der Waals surface area contributed by atoms with Gasteiger partial charge in [0.15, 0.2) is 0 Å². The van der Waals surface area contributed by atoms with Crippen molar-refractivity contribution >= 4 is 5.97 Å². The molecule has 0 rings (SSSR count). The molecular formula is C21H42O2. The molecule has 138 valence electrons. The second-order valence-electron chi connectivity index (χ2n) is 8.23. The summed E-state index contributed by atoms with van der Waals surface area (Å²) in [4.78, 5) is 12.3. The highest BCUT2D eigenvalue weighted by atomic mass is 16.5. The summed E-state index contributed by atoms with van der Waals surface area (Å²) in [6.45, 7) is 11.9. The van der Waals surface area contributed by atoms with Crippen LogP contribution in [0.3, 0.4) is 0 Å². The number of esters is 1. The summed E-state index contributed by atoms with van der Waals surface area (Å²) in [5.41, 5.74) is 0.417. The quantitative estimate of drug-likeness (QED) is 0.256. The third kappa shape index (κ3) is 14.8. The predicted octanol–water partition coefficient (Wildman–Crippen LogP) is 6.91. The molecule has 2 nitrogen and oxygen atoms in total. The minimum atomic E-state index is 0.0609. The molecule has 0 saturated heterocycles. The van der Waals surface area contributed by atoms with Gasteiger partial charge in [0.2, 0.25) is 0 Å². The first-order chi connectivity index (χ1) is 10.9. The standard InChI is InChI=1S/C21H42O2/c1-6-8-10-12-16-19(15-9-7-2)20(22)23-18-14-11-13-17-21(3,4)5/h19H,6-18H2,1-5H3. The van der Waals surface area contributed by atoms with Crippen molar-refractivity contribution in [2.24, 2.45) is 11.3 Å². The van der Waals surface area contributed by atoms with Crippen molar-refractivity contribution in [3.8, 4) is 0 Å². The molecule has 2 heteroatoms. The van der Waals surface area contributed by atoms with Gasteiger partial charge in [0.25, 0.3) is 0 Å².